The Labute approximate surface area is 114 Å². The summed E-state index contributed by atoms with van der Waals surface area (Å²) in [5.74, 6) is 0.536. The van der Waals surface area contributed by atoms with Gasteiger partial charge in [0.2, 0.25) is 5.95 Å². The van der Waals surface area contributed by atoms with E-state index in [2.05, 4.69) is 22.0 Å². The number of thiazole rings is 1. The van der Waals surface area contributed by atoms with Crippen molar-refractivity contribution in [3.63, 3.8) is 0 Å². The Balaban J connectivity index is 2.11. The van der Waals surface area contributed by atoms with Gasteiger partial charge in [-0.1, -0.05) is 13.3 Å². The van der Waals surface area contributed by atoms with Gasteiger partial charge in [-0.25, -0.2) is 4.98 Å². The molecule has 0 amide bonds. The van der Waals surface area contributed by atoms with Gasteiger partial charge < -0.3 is 5.73 Å². The van der Waals surface area contributed by atoms with Crippen LogP contribution in [0.25, 0.3) is 11.2 Å². The third kappa shape index (κ3) is 1.99. The molecule has 3 aromatic heterocycles. The molecule has 0 atom stereocenters. The summed E-state index contributed by atoms with van der Waals surface area (Å²) in [5.41, 5.74) is 10.8. The number of anilines is 1. The number of hydrogen-bond donors (Lipinski definition) is 1. The average molecular weight is 276 g/mol. The zero-order chi connectivity index (χ0) is 13.4. The Hall–Kier alpha value is -1.89. The molecule has 0 aromatic carbocycles. The summed E-state index contributed by atoms with van der Waals surface area (Å²) in [5, 5.41) is 4.54. The minimum Gasteiger partial charge on any atom is -0.369 e. The predicted octanol–water partition coefficient (Wildman–Crippen LogP) is 1.81. The fraction of sp³-hybridized carbons (Fsp3) is 0.417. The van der Waals surface area contributed by atoms with E-state index in [-0.39, 0.29) is 0 Å². The van der Waals surface area contributed by atoms with Crippen molar-refractivity contribution in [2.75, 3.05) is 5.73 Å². The molecule has 0 saturated carbocycles. The standard InChI is InChI=1S/C12H16N6S/c1-3-4-9-10-11(17(2)16-9)18(12(13)15-10)6-8-5-14-7-19-8/h5,7H,3-4,6H2,1-2H3,(H2,13,15). The molecule has 7 heteroatoms. The van der Waals surface area contributed by atoms with Crippen LogP contribution in [-0.4, -0.2) is 24.3 Å². The molecule has 6 nitrogen and oxygen atoms in total. The van der Waals surface area contributed by atoms with Crippen LogP contribution in [0.1, 0.15) is 23.9 Å². The molecule has 0 aliphatic heterocycles. The van der Waals surface area contributed by atoms with Gasteiger partial charge in [-0.05, 0) is 6.42 Å². The number of hydrogen-bond acceptors (Lipinski definition) is 5. The topological polar surface area (TPSA) is 74.6 Å². The first-order valence-corrected chi connectivity index (χ1v) is 7.13. The molecule has 3 heterocycles. The highest BCUT2D eigenvalue weighted by atomic mass is 32.1. The fourth-order valence-electron chi connectivity index (χ4n) is 2.30. The number of aromatic nitrogens is 5. The Morgan fingerprint density at radius 2 is 2.26 bits per heavy atom. The molecule has 2 N–H and O–H groups in total. The number of fused-ring (bicyclic) bond motifs is 1. The second-order valence-electron chi connectivity index (χ2n) is 4.52. The van der Waals surface area contributed by atoms with Crippen LogP contribution >= 0.6 is 11.3 Å². The van der Waals surface area contributed by atoms with Gasteiger partial charge >= 0.3 is 0 Å². The van der Waals surface area contributed by atoms with Gasteiger partial charge in [0.05, 0.1) is 17.7 Å². The minimum absolute atomic E-state index is 0.536. The van der Waals surface area contributed by atoms with Crippen molar-refractivity contribution < 1.29 is 0 Å². The molecule has 0 radical (unpaired) electrons. The molecule has 3 rings (SSSR count). The Kier molecular flexibility index (Phi) is 2.98. The molecular weight excluding hydrogens is 260 g/mol. The SMILES string of the molecule is CCCc1nn(C)c2c1nc(N)n2Cc1cncs1. The maximum Gasteiger partial charge on any atom is 0.202 e. The van der Waals surface area contributed by atoms with Crippen molar-refractivity contribution >= 4 is 28.4 Å². The molecule has 100 valence electrons. The van der Waals surface area contributed by atoms with Crippen molar-refractivity contribution in [3.8, 4) is 0 Å². The number of nitrogen functional groups attached to an aromatic ring is 1. The van der Waals surface area contributed by atoms with E-state index in [1.54, 1.807) is 11.3 Å². The van der Waals surface area contributed by atoms with E-state index in [0.717, 1.165) is 34.6 Å². The Morgan fingerprint density at radius 3 is 2.95 bits per heavy atom. The normalized spacial score (nSPS) is 11.5. The first kappa shape index (κ1) is 12.2. The smallest absolute Gasteiger partial charge is 0.202 e. The van der Waals surface area contributed by atoms with E-state index in [4.69, 9.17) is 5.73 Å². The van der Waals surface area contributed by atoms with E-state index in [1.165, 1.54) is 0 Å². The summed E-state index contributed by atoms with van der Waals surface area (Å²) >= 11 is 1.62. The summed E-state index contributed by atoms with van der Waals surface area (Å²) in [6.45, 7) is 2.83. The predicted molar refractivity (Wildman–Crippen MR) is 76.1 cm³/mol. The highest BCUT2D eigenvalue weighted by Gasteiger charge is 2.17. The summed E-state index contributed by atoms with van der Waals surface area (Å²) < 4.78 is 3.86. The van der Waals surface area contributed by atoms with E-state index in [0.29, 0.717) is 12.5 Å². The van der Waals surface area contributed by atoms with Gasteiger partial charge in [-0.15, -0.1) is 11.3 Å². The van der Waals surface area contributed by atoms with Crippen LogP contribution in [0.4, 0.5) is 5.95 Å². The molecular formula is C12H16N6S. The third-order valence-corrected chi connectivity index (χ3v) is 3.87. The minimum atomic E-state index is 0.536. The van der Waals surface area contributed by atoms with Crippen molar-refractivity contribution in [1.82, 2.24) is 24.3 Å². The van der Waals surface area contributed by atoms with Gasteiger partial charge in [0.25, 0.3) is 0 Å². The maximum atomic E-state index is 6.04. The lowest BCUT2D eigenvalue weighted by molar-refractivity contribution is 0.714. The monoisotopic (exact) mass is 276 g/mol. The number of nitrogens with zero attached hydrogens (tertiary/aromatic N) is 5. The second kappa shape index (κ2) is 4.65. The van der Waals surface area contributed by atoms with Crippen molar-refractivity contribution in [3.05, 3.63) is 22.3 Å². The van der Waals surface area contributed by atoms with Crippen LogP contribution < -0.4 is 5.73 Å². The average Bonchev–Trinajstić information content (AvgIpc) is 3.04. The van der Waals surface area contributed by atoms with Crippen LogP contribution in [0.2, 0.25) is 0 Å². The molecule has 0 aliphatic rings. The first-order valence-electron chi connectivity index (χ1n) is 6.25. The van der Waals surface area contributed by atoms with Gasteiger partial charge in [-0.3, -0.25) is 14.2 Å². The van der Waals surface area contributed by atoms with Gasteiger partial charge in [-0.2, -0.15) is 5.10 Å². The zero-order valence-corrected chi connectivity index (χ0v) is 11.8. The lowest BCUT2D eigenvalue weighted by atomic mass is 10.2. The van der Waals surface area contributed by atoms with E-state index >= 15 is 0 Å². The van der Waals surface area contributed by atoms with Gasteiger partial charge in [0.1, 0.15) is 5.52 Å². The van der Waals surface area contributed by atoms with E-state index in [9.17, 15) is 0 Å². The number of aryl methyl sites for hydroxylation is 2. The number of rotatable bonds is 4. The van der Waals surface area contributed by atoms with Crippen molar-refractivity contribution in [1.29, 1.82) is 0 Å². The Bertz CT molecular complexity index is 694. The van der Waals surface area contributed by atoms with Crippen molar-refractivity contribution in [2.45, 2.75) is 26.3 Å². The van der Waals surface area contributed by atoms with Crippen LogP contribution in [0.5, 0.6) is 0 Å². The number of imidazole rings is 1. The first-order chi connectivity index (χ1) is 9.20. The lowest BCUT2D eigenvalue weighted by Gasteiger charge is -2.04. The highest BCUT2D eigenvalue weighted by molar-refractivity contribution is 7.09. The quantitative estimate of drug-likeness (QED) is 0.788. The van der Waals surface area contributed by atoms with E-state index in [1.807, 2.05) is 28.0 Å². The van der Waals surface area contributed by atoms with E-state index < -0.39 is 0 Å². The highest BCUT2D eigenvalue weighted by Crippen LogP contribution is 2.23. The molecule has 0 spiro atoms. The largest absolute Gasteiger partial charge is 0.369 e. The summed E-state index contributed by atoms with van der Waals surface area (Å²) in [4.78, 5) is 9.72. The number of nitrogens with two attached hydrogens (primary N) is 1. The molecule has 0 fully saturated rings. The fourth-order valence-corrected chi connectivity index (χ4v) is 2.88. The Morgan fingerprint density at radius 1 is 1.42 bits per heavy atom. The molecule has 0 saturated heterocycles. The zero-order valence-electron chi connectivity index (χ0n) is 11.0. The summed E-state index contributed by atoms with van der Waals surface area (Å²) in [6.07, 6.45) is 3.83. The summed E-state index contributed by atoms with van der Waals surface area (Å²) in [6, 6.07) is 0. The van der Waals surface area contributed by atoms with Gasteiger partial charge in [0.15, 0.2) is 5.65 Å². The maximum absolute atomic E-state index is 6.04. The summed E-state index contributed by atoms with van der Waals surface area (Å²) in [7, 11) is 1.94. The molecule has 0 bridgehead atoms. The van der Waals surface area contributed by atoms with Gasteiger partial charge in [0, 0.05) is 18.1 Å². The molecule has 0 unspecified atom stereocenters. The van der Waals surface area contributed by atoms with Crippen LogP contribution in [0.15, 0.2) is 11.7 Å². The molecule has 0 aliphatic carbocycles. The lowest BCUT2D eigenvalue weighted by Crippen LogP contribution is -2.07. The molecule has 19 heavy (non-hydrogen) atoms. The third-order valence-electron chi connectivity index (χ3n) is 3.11. The van der Waals surface area contributed by atoms with Crippen LogP contribution in [0.3, 0.4) is 0 Å². The van der Waals surface area contributed by atoms with Crippen molar-refractivity contribution in [2.24, 2.45) is 7.05 Å². The van der Waals surface area contributed by atoms with Crippen LogP contribution in [0, 0.1) is 0 Å². The second-order valence-corrected chi connectivity index (χ2v) is 5.49. The molecule has 3 aromatic rings. The van der Waals surface area contributed by atoms with Crippen LogP contribution in [-0.2, 0) is 20.0 Å².